The second kappa shape index (κ2) is 9.69. The minimum atomic E-state index is -0.185. The topological polar surface area (TPSA) is 51.2 Å². The lowest BCUT2D eigenvalue weighted by atomic mass is 10.0. The number of ether oxygens (including phenoxy) is 1. The van der Waals surface area contributed by atoms with Crippen LogP contribution in [0.5, 0.6) is 5.75 Å². The maximum atomic E-state index is 12.8. The molecule has 1 N–H and O–H groups in total. The van der Waals surface area contributed by atoms with E-state index in [9.17, 15) is 4.79 Å². The Kier molecular flexibility index (Phi) is 6.57. The van der Waals surface area contributed by atoms with Crippen molar-refractivity contribution in [3.63, 3.8) is 0 Å². The minimum Gasteiger partial charge on any atom is -0.497 e. The van der Waals surface area contributed by atoms with Crippen LogP contribution in [0, 0.1) is 0 Å². The molecular formula is C24H22N2O2S2. The number of carbonyl (C=O) groups excluding carboxylic acids is 1. The van der Waals surface area contributed by atoms with Gasteiger partial charge >= 0.3 is 0 Å². The number of hydrogen-bond donors (Lipinski definition) is 1. The molecule has 0 spiro atoms. The zero-order chi connectivity index (χ0) is 20.8. The number of amides is 1. The number of nitrogens with one attached hydrogen (secondary N) is 1. The molecule has 1 amide bonds. The molecule has 1 atom stereocenters. The molecule has 2 aromatic carbocycles. The van der Waals surface area contributed by atoms with Crippen molar-refractivity contribution in [3.8, 4) is 15.6 Å². The van der Waals surface area contributed by atoms with Gasteiger partial charge in [-0.1, -0.05) is 48.5 Å². The summed E-state index contributed by atoms with van der Waals surface area (Å²) in [6.45, 7) is 0. The van der Waals surface area contributed by atoms with E-state index in [2.05, 4.69) is 28.9 Å². The molecule has 4 aromatic rings. The van der Waals surface area contributed by atoms with E-state index in [0.717, 1.165) is 32.5 Å². The van der Waals surface area contributed by atoms with Crippen LogP contribution in [0.1, 0.15) is 22.9 Å². The number of methoxy groups -OCH3 is 1. The van der Waals surface area contributed by atoms with Crippen molar-refractivity contribution in [1.82, 2.24) is 10.3 Å². The zero-order valence-corrected chi connectivity index (χ0v) is 18.2. The third-order valence-corrected chi connectivity index (χ3v) is 6.63. The Balaban J connectivity index is 1.53. The smallest absolute Gasteiger partial charge is 0.224 e. The Morgan fingerprint density at radius 3 is 2.63 bits per heavy atom. The second-order valence-electron chi connectivity index (χ2n) is 6.89. The number of carbonyl (C=O) groups is 1. The third-order valence-electron chi connectivity index (χ3n) is 4.73. The van der Waals surface area contributed by atoms with Gasteiger partial charge in [0.2, 0.25) is 5.91 Å². The maximum Gasteiger partial charge on any atom is 0.224 e. The van der Waals surface area contributed by atoms with Crippen LogP contribution in [0.25, 0.3) is 9.88 Å². The van der Waals surface area contributed by atoms with Crippen molar-refractivity contribution in [3.05, 3.63) is 94.3 Å². The number of benzene rings is 2. The highest BCUT2D eigenvalue weighted by molar-refractivity contribution is 7.20. The second-order valence-corrected chi connectivity index (χ2v) is 8.70. The average molecular weight is 435 g/mol. The van der Waals surface area contributed by atoms with Gasteiger partial charge in [-0.25, -0.2) is 4.98 Å². The number of hydrogen-bond acceptors (Lipinski definition) is 5. The lowest BCUT2D eigenvalue weighted by Crippen LogP contribution is -2.31. The number of thiazole rings is 1. The monoisotopic (exact) mass is 434 g/mol. The van der Waals surface area contributed by atoms with Crippen LogP contribution in [-0.2, 0) is 17.6 Å². The van der Waals surface area contributed by atoms with Crippen LogP contribution in [0.15, 0.2) is 77.5 Å². The number of rotatable bonds is 8. The molecule has 30 heavy (non-hydrogen) atoms. The van der Waals surface area contributed by atoms with Crippen molar-refractivity contribution in [2.45, 2.75) is 18.9 Å². The summed E-state index contributed by atoms with van der Waals surface area (Å²) in [6, 6.07) is 21.7. The fraction of sp³-hybridized carbons (Fsp3) is 0.167. The van der Waals surface area contributed by atoms with Crippen LogP contribution in [0.2, 0.25) is 0 Å². The van der Waals surface area contributed by atoms with Crippen LogP contribution < -0.4 is 10.1 Å². The van der Waals surface area contributed by atoms with Crippen molar-refractivity contribution in [2.24, 2.45) is 0 Å². The van der Waals surface area contributed by atoms with Crippen LogP contribution in [0.4, 0.5) is 0 Å². The highest BCUT2D eigenvalue weighted by atomic mass is 32.1. The lowest BCUT2D eigenvalue weighted by molar-refractivity contribution is -0.121. The predicted octanol–water partition coefficient (Wildman–Crippen LogP) is 5.52. The van der Waals surface area contributed by atoms with E-state index in [0.29, 0.717) is 12.8 Å². The van der Waals surface area contributed by atoms with Crippen molar-refractivity contribution >= 4 is 28.6 Å². The Morgan fingerprint density at radius 1 is 1.03 bits per heavy atom. The Morgan fingerprint density at radius 2 is 1.87 bits per heavy atom. The van der Waals surface area contributed by atoms with Crippen LogP contribution in [-0.4, -0.2) is 18.0 Å². The molecular weight excluding hydrogens is 412 g/mol. The first-order valence-corrected chi connectivity index (χ1v) is 11.4. The van der Waals surface area contributed by atoms with Gasteiger partial charge in [0.1, 0.15) is 10.8 Å². The van der Waals surface area contributed by atoms with E-state index in [1.54, 1.807) is 29.8 Å². The van der Waals surface area contributed by atoms with E-state index in [1.807, 2.05) is 53.9 Å². The maximum absolute atomic E-state index is 12.8. The summed E-state index contributed by atoms with van der Waals surface area (Å²) in [4.78, 5) is 18.8. The predicted molar refractivity (Wildman–Crippen MR) is 123 cm³/mol. The summed E-state index contributed by atoms with van der Waals surface area (Å²) in [6.07, 6.45) is 0.989. The van der Waals surface area contributed by atoms with Gasteiger partial charge in [-0.3, -0.25) is 4.79 Å². The van der Waals surface area contributed by atoms with E-state index in [-0.39, 0.29) is 11.9 Å². The van der Waals surface area contributed by atoms with Gasteiger partial charge in [0.15, 0.2) is 0 Å². The van der Waals surface area contributed by atoms with E-state index in [1.165, 1.54) is 0 Å². The van der Waals surface area contributed by atoms with Gasteiger partial charge in [-0.2, -0.15) is 0 Å². The number of thiophene rings is 1. The molecule has 4 rings (SSSR count). The average Bonchev–Trinajstić information content (AvgIpc) is 3.46. The fourth-order valence-corrected chi connectivity index (χ4v) is 4.94. The van der Waals surface area contributed by atoms with Gasteiger partial charge in [0.25, 0.3) is 0 Å². The normalized spacial score (nSPS) is 11.8. The molecule has 0 bridgehead atoms. The number of aromatic nitrogens is 1. The van der Waals surface area contributed by atoms with Crippen LogP contribution >= 0.6 is 22.7 Å². The summed E-state index contributed by atoms with van der Waals surface area (Å²) in [7, 11) is 1.63. The standard InChI is InChI=1S/C24H22N2O2S2/c1-28-19-10-5-9-18(13-19)15-23(27)25-20(14-17-7-3-2-4-8-17)21-16-30-24(26-21)22-11-6-12-29-22/h2-13,16,20H,14-15H2,1H3,(H,25,27)/t20-/m0/s1. The van der Waals surface area contributed by atoms with Crippen molar-refractivity contribution in [1.29, 1.82) is 0 Å². The molecule has 0 fully saturated rings. The van der Waals surface area contributed by atoms with E-state index >= 15 is 0 Å². The summed E-state index contributed by atoms with van der Waals surface area (Å²) in [5.41, 5.74) is 2.98. The highest BCUT2D eigenvalue weighted by Crippen LogP contribution is 2.30. The largest absolute Gasteiger partial charge is 0.497 e. The molecule has 0 radical (unpaired) electrons. The van der Waals surface area contributed by atoms with Crippen LogP contribution in [0.3, 0.4) is 0 Å². The van der Waals surface area contributed by atoms with E-state index in [4.69, 9.17) is 9.72 Å². The fourth-order valence-electron chi connectivity index (χ4n) is 3.25. The third kappa shape index (κ3) is 5.14. The Hall–Kier alpha value is -2.96. The molecule has 0 aliphatic rings. The molecule has 6 heteroatoms. The first kappa shape index (κ1) is 20.3. The van der Waals surface area contributed by atoms with Gasteiger partial charge in [0, 0.05) is 5.38 Å². The Labute approximate surface area is 184 Å². The highest BCUT2D eigenvalue weighted by Gasteiger charge is 2.19. The molecule has 0 unspecified atom stereocenters. The zero-order valence-electron chi connectivity index (χ0n) is 16.6. The summed E-state index contributed by atoms with van der Waals surface area (Å²) in [5.74, 6) is 0.719. The first-order chi connectivity index (χ1) is 14.7. The van der Waals surface area contributed by atoms with Crippen molar-refractivity contribution < 1.29 is 9.53 Å². The minimum absolute atomic E-state index is 0.0325. The molecule has 152 valence electrons. The van der Waals surface area contributed by atoms with Gasteiger partial charge in [-0.05, 0) is 41.1 Å². The van der Waals surface area contributed by atoms with E-state index < -0.39 is 0 Å². The Bertz CT molecular complexity index is 1090. The van der Waals surface area contributed by atoms with Gasteiger partial charge in [-0.15, -0.1) is 22.7 Å². The molecule has 2 aromatic heterocycles. The molecule has 0 saturated carbocycles. The summed E-state index contributed by atoms with van der Waals surface area (Å²) in [5, 5.41) is 8.28. The van der Waals surface area contributed by atoms with Gasteiger partial charge < -0.3 is 10.1 Å². The molecule has 0 aliphatic carbocycles. The molecule has 4 nitrogen and oxygen atoms in total. The molecule has 0 saturated heterocycles. The molecule has 0 aliphatic heterocycles. The number of nitrogens with zero attached hydrogens (tertiary/aromatic N) is 1. The molecule has 2 heterocycles. The van der Waals surface area contributed by atoms with Crippen molar-refractivity contribution in [2.75, 3.05) is 7.11 Å². The lowest BCUT2D eigenvalue weighted by Gasteiger charge is -2.17. The summed E-state index contributed by atoms with van der Waals surface area (Å²) < 4.78 is 5.26. The first-order valence-electron chi connectivity index (χ1n) is 9.67. The summed E-state index contributed by atoms with van der Waals surface area (Å²) >= 11 is 3.29. The SMILES string of the molecule is COc1cccc(CC(=O)N[C@@H](Cc2ccccc2)c2csc(-c3cccs3)n2)c1. The van der Waals surface area contributed by atoms with Gasteiger partial charge in [0.05, 0.1) is 30.1 Å². The quantitative estimate of drug-likeness (QED) is 0.397.